The third-order valence-corrected chi connectivity index (χ3v) is 2.86. The highest BCUT2D eigenvalue weighted by Gasteiger charge is 2.31. The standard InChI is InChI=1S/C16H31NO4/c1-8-9-10-20-14(18)13(11-12(2)3)17(7)15(19)21-16(4,5)6/h12-13H,8-11H2,1-7H3/t13-/m1/s1. The quantitative estimate of drug-likeness (QED) is 0.532. The van der Waals surface area contributed by atoms with Gasteiger partial charge in [0.25, 0.3) is 0 Å². The minimum Gasteiger partial charge on any atom is -0.464 e. The number of ether oxygens (including phenoxy) is 2. The van der Waals surface area contributed by atoms with Gasteiger partial charge in [0.05, 0.1) is 6.61 Å². The van der Waals surface area contributed by atoms with Gasteiger partial charge in [-0.25, -0.2) is 9.59 Å². The topological polar surface area (TPSA) is 55.8 Å². The van der Waals surface area contributed by atoms with Gasteiger partial charge in [0.2, 0.25) is 0 Å². The molecule has 1 amide bonds. The minimum atomic E-state index is -0.600. The molecule has 0 unspecified atom stereocenters. The van der Waals surface area contributed by atoms with Gasteiger partial charge in [-0.2, -0.15) is 0 Å². The van der Waals surface area contributed by atoms with Gasteiger partial charge in [-0.05, 0) is 39.5 Å². The Morgan fingerprint density at radius 1 is 1.19 bits per heavy atom. The molecule has 0 saturated carbocycles. The molecule has 0 aliphatic heterocycles. The lowest BCUT2D eigenvalue weighted by molar-refractivity contribution is -0.150. The van der Waals surface area contributed by atoms with E-state index in [1.165, 1.54) is 4.90 Å². The van der Waals surface area contributed by atoms with Crippen molar-refractivity contribution in [3.8, 4) is 0 Å². The molecule has 5 heteroatoms. The smallest absolute Gasteiger partial charge is 0.410 e. The van der Waals surface area contributed by atoms with Crippen LogP contribution < -0.4 is 0 Å². The first-order valence-corrected chi connectivity index (χ1v) is 7.71. The summed E-state index contributed by atoms with van der Waals surface area (Å²) in [6.07, 6.45) is 1.85. The Morgan fingerprint density at radius 2 is 1.76 bits per heavy atom. The zero-order chi connectivity index (χ0) is 16.6. The maximum absolute atomic E-state index is 12.2. The molecule has 0 heterocycles. The van der Waals surface area contributed by atoms with E-state index in [4.69, 9.17) is 9.47 Å². The Balaban J connectivity index is 4.79. The summed E-state index contributed by atoms with van der Waals surface area (Å²) in [5.41, 5.74) is -0.583. The molecule has 0 aromatic carbocycles. The van der Waals surface area contributed by atoms with E-state index in [0.717, 1.165) is 12.8 Å². The Kier molecular flexibility index (Phi) is 8.37. The van der Waals surface area contributed by atoms with Crippen LogP contribution in [0.2, 0.25) is 0 Å². The molecular weight excluding hydrogens is 270 g/mol. The van der Waals surface area contributed by atoms with E-state index in [0.29, 0.717) is 13.0 Å². The molecule has 124 valence electrons. The maximum Gasteiger partial charge on any atom is 0.410 e. The van der Waals surface area contributed by atoms with Gasteiger partial charge >= 0.3 is 12.1 Å². The highest BCUT2D eigenvalue weighted by Crippen LogP contribution is 2.16. The molecule has 21 heavy (non-hydrogen) atoms. The van der Waals surface area contributed by atoms with E-state index in [1.54, 1.807) is 27.8 Å². The van der Waals surface area contributed by atoms with Crippen LogP contribution in [0.15, 0.2) is 0 Å². The van der Waals surface area contributed by atoms with Crippen molar-refractivity contribution in [1.82, 2.24) is 4.90 Å². The van der Waals surface area contributed by atoms with Gasteiger partial charge in [-0.15, -0.1) is 0 Å². The minimum absolute atomic E-state index is 0.276. The lowest BCUT2D eigenvalue weighted by Gasteiger charge is -2.30. The third-order valence-electron chi connectivity index (χ3n) is 2.86. The first-order chi connectivity index (χ1) is 9.58. The molecule has 0 radical (unpaired) electrons. The molecule has 1 atom stereocenters. The number of hydrogen-bond acceptors (Lipinski definition) is 4. The van der Waals surface area contributed by atoms with Crippen LogP contribution >= 0.6 is 0 Å². The van der Waals surface area contributed by atoms with Crippen LogP contribution in [-0.2, 0) is 14.3 Å². The summed E-state index contributed by atoms with van der Waals surface area (Å²) in [5.74, 6) is -0.0795. The van der Waals surface area contributed by atoms with Gasteiger partial charge < -0.3 is 9.47 Å². The summed E-state index contributed by atoms with van der Waals surface area (Å²) >= 11 is 0. The predicted octanol–water partition coefficient (Wildman–Crippen LogP) is 3.61. The Labute approximate surface area is 129 Å². The Morgan fingerprint density at radius 3 is 2.19 bits per heavy atom. The van der Waals surface area contributed by atoms with Crippen LogP contribution in [0.5, 0.6) is 0 Å². The fourth-order valence-electron chi connectivity index (χ4n) is 1.73. The second-order valence-corrected chi connectivity index (χ2v) is 6.76. The summed E-state index contributed by atoms with van der Waals surface area (Å²) in [6.45, 7) is 11.9. The molecule has 0 bridgehead atoms. The van der Waals surface area contributed by atoms with Gasteiger partial charge in [-0.1, -0.05) is 27.2 Å². The first-order valence-electron chi connectivity index (χ1n) is 7.71. The van der Waals surface area contributed by atoms with E-state index in [-0.39, 0.29) is 11.9 Å². The van der Waals surface area contributed by atoms with E-state index >= 15 is 0 Å². The summed E-state index contributed by atoms with van der Waals surface area (Å²) in [5, 5.41) is 0. The second-order valence-electron chi connectivity index (χ2n) is 6.76. The molecule has 5 nitrogen and oxygen atoms in total. The van der Waals surface area contributed by atoms with E-state index in [9.17, 15) is 9.59 Å². The molecule has 0 aromatic heterocycles. The van der Waals surface area contributed by atoms with Crippen LogP contribution in [0.4, 0.5) is 4.79 Å². The van der Waals surface area contributed by atoms with Crippen molar-refractivity contribution < 1.29 is 19.1 Å². The second kappa shape index (κ2) is 8.90. The van der Waals surface area contributed by atoms with Crippen LogP contribution in [0, 0.1) is 5.92 Å². The van der Waals surface area contributed by atoms with Gasteiger partial charge in [0.1, 0.15) is 11.6 Å². The van der Waals surface area contributed by atoms with Crippen molar-refractivity contribution >= 4 is 12.1 Å². The van der Waals surface area contributed by atoms with Crippen LogP contribution in [0.3, 0.4) is 0 Å². The molecular formula is C16H31NO4. The maximum atomic E-state index is 12.2. The van der Waals surface area contributed by atoms with Crippen molar-refractivity contribution in [2.24, 2.45) is 5.92 Å². The summed E-state index contributed by atoms with van der Waals surface area (Å²) in [4.78, 5) is 25.7. The van der Waals surface area contributed by atoms with Crippen molar-refractivity contribution in [2.75, 3.05) is 13.7 Å². The number of carbonyl (C=O) groups excluding carboxylic acids is 2. The molecule has 0 rings (SSSR count). The van der Waals surface area contributed by atoms with Crippen LogP contribution in [0.25, 0.3) is 0 Å². The first kappa shape index (κ1) is 19.7. The molecule has 0 saturated heterocycles. The molecule has 0 spiro atoms. The zero-order valence-electron chi connectivity index (χ0n) is 14.6. The van der Waals surface area contributed by atoms with E-state index in [1.807, 2.05) is 20.8 Å². The Bertz CT molecular complexity index is 334. The average molecular weight is 301 g/mol. The van der Waals surface area contributed by atoms with E-state index < -0.39 is 17.7 Å². The summed E-state index contributed by atoms with van der Waals surface area (Å²) in [7, 11) is 1.59. The lowest BCUT2D eigenvalue weighted by Crippen LogP contribution is -2.46. The fourth-order valence-corrected chi connectivity index (χ4v) is 1.73. The predicted molar refractivity (Wildman–Crippen MR) is 83.1 cm³/mol. The molecule has 0 N–H and O–H groups in total. The molecule has 0 aliphatic rings. The van der Waals surface area contributed by atoms with E-state index in [2.05, 4.69) is 0 Å². The monoisotopic (exact) mass is 301 g/mol. The Hall–Kier alpha value is -1.26. The summed E-state index contributed by atoms with van der Waals surface area (Å²) in [6, 6.07) is -0.600. The lowest BCUT2D eigenvalue weighted by atomic mass is 10.0. The molecule has 0 aliphatic carbocycles. The number of likely N-dealkylation sites (N-methyl/N-ethyl adjacent to an activating group) is 1. The normalized spacial score (nSPS) is 13.0. The fraction of sp³-hybridized carbons (Fsp3) is 0.875. The zero-order valence-corrected chi connectivity index (χ0v) is 14.6. The number of nitrogens with zero attached hydrogens (tertiary/aromatic N) is 1. The molecule has 0 aromatic rings. The number of unbranched alkanes of at least 4 members (excludes halogenated alkanes) is 1. The van der Waals surface area contributed by atoms with Crippen LogP contribution in [0.1, 0.15) is 60.8 Å². The van der Waals surface area contributed by atoms with Crippen LogP contribution in [-0.4, -0.2) is 42.3 Å². The number of amides is 1. The van der Waals surface area contributed by atoms with Gasteiger partial charge in [-0.3, -0.25) is 4.90 Å². The van der Waals surface area contributed by atoms with Crippen molar-refractivity contribution in [3.63, 3.8) is 0 Å². The highest BCUT2D eigenvalue weighted by atomic mass is 16.6. The van der Waals surface area contributed by atoms with Gasteiger partial charge in [0, 0.05) is 7.05 Å². The number of rotatable bonds is 7. The van der Waals surface area contributed by atoms with Crippen molar-refractivity contribution in [3.05, 3.63) is 0 Å². The SMILES string of the molecule is CCCCOC(=O)[C@@H](CC(C)C)N(C)C(=O)OC(C)(C)C. The number of hydrogen-bond donors (Lipinski definition) is 0. The largest absolute Gasteiger partial charge is 0.464 e. The van der Waals surface area contributed by atoms with Crippen molar-refractivity contribution in [2.45, 2.75) is 72.4 Å². The molecule has 0 fully saturated rings. The average Bonchev–Trinajstić information content (AvgIpc) is 2.32. The summed E-state index contributed by atoms with van der Waals surface area (Å²) < 4.78 is 10.6. The number of esters is 1. The highest BCUT2D eigenvalue weighted by molar-refractivity contribution is 5.81. The number of carbonyl (C=O) groups is 2. The van der Waals surface area contributed by atoms with Gasteiger partial charge in [0.15, 0.2) is 0 Å². The van der Waals surface area contributed by atoms with Crippen molar-refractivity contribution in [1.29, 1.82) is 0 Å². The third kappa shape index (κ3) is 8.58.